The van der Waals surface area contributed by atoms with Crippen molar-refractivity contribution in [1.29, 1.82) is 0 Å². The number of nitrogens with zero attached hydrogens (tertiary/aromatic N) is 2. The van der Waals surface area contributed by atoms with Gasteiger partial charge in [-0.3, -0.25) is 9.89 Å². The third-order valence-electron chi connectivity index (χ3n) is 4.89. The lowest BCUT2D eigenvalue weighted by molar-refractivity contribution is -0.138. The summed E-state index contributed by atoms with van der Waals surface area (Å²) in [4.78, 5) is 13.8. The fourth-order valence-corrected chi connectivity index (χ4v) is 3.18. The monoisotopic (exact) mass is 371 g/mol. The summed E-state index contributed by atoms with van der Waals surface area (Å²) in [6.07, 6.45) is 1.10. The molecule has 1 fully saturated rings. The van der Waals surface area contributed by atoms with Gasteiger partial charge in [-0.05, 0) is 29.7 Å². The van der Waals surface area contributed by atoms with Crippen LogP contribution in [0.5, 0.6) is 5.75 Å². The molecular weight excluding hydrogens is 342 g/mol. The molecule has 3 rings (SSSR count). The molecule has 27 heavy (non-hydrogen) atoms. The molecule has 1 aromatic heterocycles. The van der Waals surface area contributed by atoms with Gasteiger partial charge in [0.2, 0.25) is 5.91 Å². The smallest absolute Gasteiger partial charge is 0.222 e. The van der Waals surface area contributed by atoms with Gasteiger partial charge in [-0.25, -0.2) is 0 Å². The van der Waals surface area contributed by atoms with Crippen LogP contribution in [-0.2, 0) is 16.0 Å². The summed E-state index contributed by atoms with van der Waals surface area (Å²) in [7, 11) is 0. The minimum Gasteiger partial charge on any atom is -0.493 e. The molecule has 2 aromatic rings. The van der Waals surface area contributed by atoms with E-state index in [1.165, 1.54) is 5.56 Å². The lowest BCUT2D eigenvalue weighted by Gasteiger charge is -2.32. The van der Waals surface area contributed by atoms with Crippen LogP contribution < -0.4 is 4.74 Å². The SMILES string of the molecule is CCC(=O)N1CCOC(c2cc(CCOc3ccc(C(C)C)cc3)[nH]n2)C1. The number of carbonyl (C=O) groups is 1. The number of morpholine rings is 1. The van der Waals surface area contributed by atoms with Gasteiger partial charge in [0.05, 0.1) is 25.5 Å². The fraction of sp³-hybridized carbons (Fsp3) is 0.524. The molecule has 6 heteroatoms. The van der Waals surface area contributed by atoms with Crippen LogP contribution >= 0.6 is 0 Å². The van der Waals surface area contributed by atoms with E-state index >= 15 is 0 Å². The lowest BCUT2D eigenvalue weighted by Crippen LogP contribution is -2.42. The molecule has 1 atom stereocenters. The van der Waals surface area contributed by atoms with Crippen LogP contribution in [0.4, 0.5) is 0 Å². The predicted octanol–water partition coefficient (Wildman–Crippen LogP) is 3.46. The van der Waals surface area contributed by atoms with E-state index in [-0.39, 0.29) is 12.0 Å². The van der Waals surface area contributed by atoms with Gasteiger partial charge < -0.3 is 14.4 Å². The predicted molar refractivity (Wildman–Crippen MR) is 104 cm³/mol. The summed E-state index contributed by atoms with van der Waals surface area (Å²) in [5, 5.41) is 7.43. The molecule has 1 aliphatic rings. The molecule has 1 aromatic carbocycles. The second-order valence-electron chi connectivity index (χ2n) is 7.19. The zero-order valence-corrected chi connectivity index (χ0v) is 16.4. The Labute approximate surface area is 160 Å². The quantitative estimate of drug-likeness (QED) is 0.809. The fourth-order valence-electron chi connectivity index (χ4n) is 3.18. The van der Waals surface area contributed by atoms with Crippen LogP contribution in [0.1, 0.15) is 56.2 Å². The summed E-state index contributed by atoms with van der Waals surface area (Å²) in [6.45, 7) is 8.59. The minimum atomic E-state index is -0.163. The topological polar surface area (TPSA) is 67.5 Å². The number of hydrogen-bond donors (Lipinski definition) is 1. The highest BCUT2D eigenvalue weighted by Gasteiger charge is 2.26. The summed E-state index contributed by atoms with van der Waals surface area (Å²) in [5.74, 6) is 1.56. The first kappa shape index (κ1) is 19.4. The van der Waals surface area contributed by atoms with Crippen LogP contribution in [0.25, 0.3) is 0 Å². The molecule has 0 radical (unpaired) electrons. The first-order valence-corrected chi connectivity index (χ1v) is 9.73. The summed E-state index contributed by atoms with van der Waals surface area (Å²) in [5.41, 5.74) is 3.16. The second kappa shape index (κ2) is 9.04. The van der Waals surface area contributed by atoms with E-state index in [2.05, 4.69) is 36.2 Å². The van der Waals surface area contributed by atoms with Gasteiger partial charge >= 0.3 is 0 Å². The van der Waals surface area contributed by atoms with E-state index < -0.39 is 0 Å². The van der Waals surface area contributed by atoms with Gasteiger partial charge in [-0.15, -0.1) is 0 Å². The Morgan fingerprint density at radius 2 is 2.15 bits per heavy atom. The van der Waals surface area contributed by atoms with Gasteiger partial charge in [0.1, 0.15) is 11.9 Å². The highest BCUT2D eigenvalue weighted by atomic mass is 16.5. The molecule has 1 aliphatic heterocycles. The van der Waals surface area contributed by atoms with Gasteiger partial charge in [-0.1, -0.05) is 32.9 Å². The van der Waals surface area contributed by atoms with Gasteiger partial charge in [0.25, 0.3) is 0 Å². The average Bonchev–Trinajstić information content (AvgIpc) is 3.17. The van der Waals surface area contributed by atoms with E-state index in [1.54, 1.807) is 0 Å². The molecule has 1 amide bonds. The molecule has 0 bridgehead atoms. The molecule has 6 nitrogen and oxygen atoms in total. The molecular formula is C21H29N3O3. The number of nitrogens with one attached hydrogen (secondary N) is 1. The third kappa shape index (κ3) is 5.10. The Bertz CT molecular complexity index is 739. The number of H-pyrrole nitrogens is 1. The maximum Gasteiger partial charge on any atom is 0.222 e. The highest BCUT2D eigenvalue weighted by Crippen LogP contribution is 2.22. The average molecular weight is 371 g/mol. The van der Waals surface area contributed by atoms with Gasteiger partial charge in [-0.2, -0.15) is 5.10 Å². The molecule has 1 saturated heterocycles. The summed E-state index contributed by atoms with van der Waals surface area (Å²) >= 11 is 0. The number of aromatic amines is 1. The standard InChI is InChI=1S/C21H29N3O3/c1-4-21(25)24-10-12-27-20(14-24)19-13-17(22-23-19)9-11-26-18-7-5-16(6-8-18)15(2)3/h5-8,13,15,20H,4,9-12,14H2,1-3H3,(H,22,23). The molecule has 1 unspecified atom stereocenters. The van der Waals surface area contributed by atoms with Crippen LogP contribution in [0.2, 0.25) is 0 Å². The summed E-state index contributed by atoms with van der Waals surface area (Å²) < 4.78 is 11.6. The Kier molecular flexibility index (Phi) is 6.50. The number of aromatic nitrogens is 2. The number of amides is 1. The molecule has 2 heterocycles. The minimum absolute atomic E-state index is 0.163. The number of ether oxygens (including phenoxy) is 2. The van der Waals surface area contributed by atoms with Gasteiger partial charge in [0.15, 0.2) is 0 Å². The zero-order valence-electron chi connectivity index (χ0n) is 16.4. The Morgan fingerprint density at radius 3 is 2.85 bits per heavy atom. The van der Waals surface area contributed by atoms with Crippen molar-refractivity contribution in [1.82, 2.24) is 15.1 Å². The normalized spacial score (nSPS) is 17.3. The molecule has 1 N–H and O–H groups in total. The van der Waals surface area contributed by atoms with Crippen molar-refractivity contribution in [2.45, 2.75) is 45.6 Å². The summed E-state index contributed by atoms with van der Waals surface area (Å²) in [6, 6.07) is 10.3. The van der Waals surface area contributed by atoms with Gasteiger partial charge in [0, 0.05) is 25.1 Å². The van der Waals surface area contributed by atoms with Crippen molar-refractivity contribution in [2.75, 3.05) is 26.3 Å². The van der Waals surface area contributed by atoms with E-state index in [1.807, 2.05) is 30.0 Å². The van der Waals surface area contributed by atoms with Crippen LogP contribution in [-0.4, -0.2) is 47.3 Å². The Morgan fingerprint density at radius 1 is 1.37 bits per heavy atom. The molecule has 0 aliphatic carbocycles. The van der Waals surface area contributed by atoms with E-state index in [9.17, 15) is 4.79 Å². The first-order valence-electron chi connectivity index (χ1n) is 9.73. The zero-order chi connectivity index (χ0) is 19.2. The van der Waals surface area contributed by atoms with Crippen molar-refractivity contribution in [3.05, 3.63) is 47.3 Å². The second-order valence-corrected chi connectivity index (χ2v) is 7.19. The Hall–Kier alpha value is -2.34. The van der Waals surface area contributed by atoms with Crippen molar-refractivity contribution < 1.29 is 14.3 Å². The van der Waals surface area contributed by atoms with Crippen LogP contribution in [0.3, 0.4) is 0 Å². The molecule has 146 valence electrons. The van der Waals surface area contributed by atoms with E-state index in [0.29, 0.717) is 38.6 Å². The highest BCUT2D eigenvalue weighted by molar-refractivity contribution is 5.75. The number of carbonyl (C=O) groups excluding carboxylic acids is 1. The Balaban J connectivity index is 1.50. The van der Waals surface area contributed by atoms with Crippen molar-refractivity contribution in [3.8, 4) is 5.75 Å². The number of benzene rings is 1. The maximum absolute atomic E-state index is 11.9. The lowest BCUT2D eigenvalue weighted by atomic mass is 10.0. The molecule has 0 spiro atoms. The van der Waals surface area contributed by atoms with Crippen molar-refractivity contribution in [3.63, 3.8) is 0 Å². The number of hydrogen-bond acceptors (Lipinski definition) is 4. The molecule has 0 saturated carbocycles. The van der Waals surface area contributed by atoms with Crippen LogP contribution in [0.15, 0.2) is 30.3 Å². The maximum atomic E-state index is 11.9. The third-order valence-corrected chi connectivity index (χ3v) is 4.89. The number of rotatable bonds is 7. The van der Waals surface area contributed by atoms with Crippen LogP contribution in [0, 0.1) is 0 Å². The largest absolute Gasteiger partial charge is 0.493 e. The van der Waals surface area contributed by atoms with Crippen molar-refractivity contribution >= 4 is 5.91 Å². The van der Waals surface area contributed by atoms with E-state index in [0.717, 1.165) is 23.6 Å². The van der Waals surface area contributed by atoms with Crippen molar-refractivity contribution in [2.24, 2.45) is 0 Å². The first-order chi connectivity index (χ1) is 13.1. The van der Waals surface area contributed by atoms with E-state index in [4.69, 9.17) is 9.47 Å².